The monoisotopic (exact) mass is 277 g/mol. The van der Waals surface area contributed by atoms with Gasteiger partial charge in [-0.1, -0.05) is 31.0 Å². The Balaban J connectivity index is 1.94. The van der Waals surface area contributed by atoms with E-state index in [-0.39, 0.29) is 24.2 Å². The Bertz CT molecular complexity index is 482. The summed E-state index contributed by atoms with van der Waals surface area (Å²) in [6, 6.07) is 6.29. The van der Waals surface area contributed by atoms with Crippen LogP contribution in [0.25, 0.3) is 0 Å². The molecule has 0 radical (unpaired) electrons. The van der Waals surface area contributed by atoms with Gasteiger partial charge in [0.25, 0.3) is 5.69 Å². The molecular formula is C14H19N3O3. The first-order valence-electron chi connectivity index (χ1n) is 6.92. The summed E-state index contributed by atoms with van der Waals surface area (Å²) in [7, 11) is 0. The summed E-state index contributed by atoms with van der Waals surface area (Å²) >= 11 is 0. The van der Waals surface area contributed by atoms with Crippen molar-refractivity contribution in [3.05, 3.63) is 39.9 Å². The zero-order valence-electron chi connectivity index (χ0n) is 11.3. The fourth-order valence-electron chi connectivity index (χ4n) is 2.40. The lowest BCUT2D eigenvalue weighted by Gasteiger charge is -2.15. The molecule has 20 heavy (non-hydrogen) atoms. The van der Waals surface area contributed by atoms with Gasteiger partial charge in [0.15, 0.2) is 0 Å². The van der Waals surface area contributed by atoms with Crippen LogP contribution in [-0.2, 0) is 11.3 Å². The second-order valence-electron chi connectivity index (χ2n) is 4.96. The molecule has 1 atom stereocenters. The number of carbonyl (C=O) groups is 1. The molecular weight excluding hydrogens is 258 g/mol. The molecule has 1 aliphatic heterocycles. The van der Waals surface area contributed by atoms with Gasteiger partial charge in [-0.15, -0.1) is 0 Å². The second-order valence-corrected chi connectivity index (χ2v) is 4.96. The highest BCUT2D eigenvalue weighted by molar-refractivity contribution is 5.81. The first kappa shape index (κ1) is 14.5. The van der Waals surface area contributed by atoms with Crippen molar-refractivity contribution in [3.63, 3.8) is 0 Å². The molecule has 0 aliphatic carbocycles. The van der Waals surface area contributed by atoms with Gasteiger partial charge in [0.2, 0.25) is 5.91 Å². The van der Waals surface area contributed by atoms with Gasteiger partial charge in [-0.05, 0) is 19.4 Å². The lowest BCUT2D eigenvalue weighted by Crippen LogP contribution is -2.43. The van der Waals surface area contributed by atoms with Gasteiger partial charge in [0.1, 0.15) is 0 Å². The van der Waals surface area contributed by atoms with E-state index < -0.39 is 4.92 Å². The standard InChI is InChI=1S/C14H19N3O3/c18-14(12-7-2-1-5-9-15-12)16-10-11-6-3-4-8-13(11)17(19)20/h3-4,6,8,12,15H,1-2,5,7,9-10H2,(H,16,18). The SMILES string of the molecule is O=C(NCc1ccccc1[N+](=O)[O-])C1CCCCCN1. The third-order valence-electron chi connectivity index (χ3n) is 3.52. The molecule has 0 saturated carbocycles. The van der Waals surface area contributed by atoms with E-state index >= 15 is 0 Å². The minimum atomic E-state index is -0.425. The van der Waals surface area contributed by atoms with Gasteiger partial charge < -0.3 is 10.6 Å². The lowest BCUT2D eigenvalue weighted by atomic mass is 10.1. The molecule has 1 aliphatic rings. The number of carbonyl (C=O) groups excluding carboxylic acids is 1. The van der Waals surface area contributed by atoms with E-state index in [1.807, 2.05) is 0 Å². The van der Waals surface area contributed by atoms with Crippen LogP contribution in [0.3, 0.4) is 0 Å². The molecule has 2 rings (SSSR count). The first-order chi connectivity index (χ1) is 9.68. The van der Waals surface area contributed by atoms with Crippen molar-refractivity contribution >= 4 is 11.6 Å². The highest BCUT2D eigenvalue weighted by Gasteiger charge is 2.20. The van der Waals surface area contributed by atoms with Crippen LogP contribution >= 0.6 is 0 Å². The van der Waals surface area contributed by atoms with Crippen molar-refractivity contribution < 1.29 is 9.72 Å². The average Bonchev–Trinajstić information content (AvgIpc) is 2.74. The summed E-state index contributed by atoms with van der Waals surface area (Å²) in [6.45, 7) is 1.04. The minimum absolute atomic E-state index is 0.0432. The summed E-state index contributed by atoms with van der Waals surface area (Å²) in [5.74, 6) is -0.0787. The lowest BCUT2D eigenvalue weighted by molar-refractivity contribution is -0.385. The molecule has 1 aromatic carbocycles. The highest BCUT2D eigenvalue weighted by Crippen LogP contribution is 2.17. The normalized spacial score (nSPS) is 19.1. The minimum Gasteiger partial charge on any atom is -0.350 e. The number of nitro groups is 1. The van der Waals surface area contributed by atoms with Gasteiger partial charge in [-0.2, -0.15) is 0 Å². The van der Waals surface area contributed by atoms with Crippen molar-refractivity contribution in [2.75, 3.05) is 6.54 Å². The van der Waals surface area contributed by atoms with Crippen molar-refractivity contribution in [2.24, 2.45) is 0 Å². The summed E-state index contributed by atoms with van der Waals surface area (Å²) in [5.41, 5.74) is 0.570. The predicted molar refractivity (Wildman–Crippen MR) is 75.2 cm³/mol. The number of hydrogen-bond acceptors (Lipinski definition) is 4. The van der Waals surface area contributed by atoms with Crippen LogP contribution in [0.2, 0.25) is 0 Å². The van der Waals surface area contributed by atoms with Gasteiger partial charge in [0.05, 0.1) is 11.0 Å². The van der Waals surface area contributed by atoms with Crippen LogP contribution in [0.5, 0.6) is 0 Å². The van der Waals surface area contributed by atoms with Crippen LogP contribution in [0.4, 0.5) is 5.69 Å². The van der Waals surface area contributed by atoms with E-state index in [2.05, 4.69) is 10.6 Å². The molecule has 1 amide bonds. The number of para-hydroxylation sites is 1. The molecule has 0 bridgehead atoms. The zero-order valence-corrected chi connectivity index (χ0v) is 11.3. The van der Waals surface area contributed by atoms with Crippen LogP contribution in [0.15, 0.2) is 24.3 Å². The number of hydrogen-bond donors (Lipinski definition) is 2. The number of nitrogens with zero attached hydrogens (tertiary/aromatic N) is 1. The van der Waals surface area contributed by atoms with Crippen LogP contribution in [0.1, 0.15) is 31.2 Å². The van der Waals surface area contributed by atoms with E-state index in [1.54, 1.807) is 18.2 Å². The molecule has 0 spiro atoms. The Hall–Kier alpha value is -1.95. The summed E-state index contributed by atoms with van der Waals surface area (Å²) < 4.78 is 0. The first-order valence-corrected chi connectivity index (χ1v) is 6.92. The number of rotatable bonds is 4. The molecule has 0 aromatic heterocycles. The van der Waals surface area contributed by atoms with Gasteiger partial charge in [-0.25, -0.2) is 0 Å². The quantitative estimate of drug-likeness (QED) is 0.648. The van der Waals surface area contributed by atoms with Crippen molar-refractivity contribution in [2.45, 2.75) is 38.3 Å². The Morgan fingerprint density at radius 2 is 2.15 bits per heavy atom. The highest BCUT2D eigenvalue weighted by atomic mass is 16.6. The molecule has 2 N–H and O–H groups in total. The summed E-state index contributed by atoms with van der Waals surface area (Å²) in [5, 5.41) is 16.9. The van der Waals surface area contributed by atoms with Crippen LogP contribution in [0, 0.1) is 10.1 Å². The molecule has 1 unspecified atom stereocenters. The van der Waals surface area contributed by atoms with Crippen molar-refractivity contribution in [3.8, 4) is 0 Å². The molecule has 6 heteroatoms. The molecule has 1 heterocycles. The molecule has 1 aromatic rings. The average molecular weight is 277 g/mol. The number of benzene rings is 1. The Morgan fingerprint density at radius 3 is 2.95 bits per heavy atom. The fourth-order valence-corrected chi connectivity index (χ4v) is 2.40. The third kappa shape index (κ3) is 3.77. The van der Waals surface area contributed by atoms with E-state index in [0.717, 1.165) is 32.2 Å². The molecule has 108 valence electrons. The summed E-state index contributed by atoms with van der Waals surface area (Å²) in [4.78, 5) is 22.5. The third-order valence-corrected chi connectivity index (χ3v) is 3.52. The second kappa shape index (κ2) is 7.00. The van der Waals surface area contributed by atoms with E-state index in [9.17, 15) is 14.9 Å². The van der Waals surface area contributed by atoms with Gasteiger partial charge in [0, 0.05) is 18.2 Å². The van der Waals surface area contributed by atoms with E-state index in [1.165, 1.54) is 6.07 Å². The van der Waals surface area contributed by atoms with Gasteiger partial charge in [-0.3, -0.25) is 14.9 Å². The zero-order chi connectivity index (χ0) is 14.4. The van der Waals surface area contributed by atoms with Gasteiger partial charge >= 0.3 is 0 Å². The van der Waals surface area contributed by atoms with Crippen molar-refractivity contribution in [1.82, 2.24) is 10.6 Å². The van der Waals surface area contributed by atoms with Crippen LogP contribution in [-0.4, -0.2) is 23.4 Å². The molecule has 1 saturated heterocycles. The Morgan fingerprint density at radius 1 is 1.35 bits per heavy atom. The Kier molecular flexibility index (Phi) is 5.06. The van der Waals surface area contributed by atoms with Crippen molar-refractivity contribution in [1.29, 1.82) is 0 Å². The van der Waals surface area contributed by atoms with E-state index in [0.29, 0.717) is 5.56 Å². The molecule has 6 nitrogen and oxygen atoms in total. The summed E-state index contributed by atoms with van der Waals surface area (Å²) in [6.07, 6.45) is 4.09. The fraction of sp³-hybridized carbons (Fsp3) is 0.500. The predicted octanol–water partition coefficient (Wildman–Crippen LogP) is 1.74. The molecule has 1 fully saturated rings. The Labute approximate surface area is 117 Å². The maximum atomic E-state index is 12.1. The number of nitrogens with one attached hydrogen (secondary N) is 2. The number of amides is 1. The van der Waals surface area contributed by atoms with Crippen LogP contribution < -0.4 is 10.6 Å². The topological polar surface area (TPSA) is 84.3 Å². The smallest absolute Gasteiger partial charge is 0.274 e. The maximum Gasteiger partial charge on any atom is 0.274 e. The van der Waals surface area contributed by atoms with E-state index in [4.69, 9.17) is 0 Å². The number of nitro benzene ring substituents is 1. The largest absolute Gasteiger partial charge is 0.350 e. The maximum absolute atomic E-state index is 12.1.